The highest BCUT2D eigenvalue weighted by Crippen LogP contribution is 2.29. The molecule has 1 aromatic carbocycles. The van der Waals surface area contributed by atoms with Crippen LogP contribution in [-0.2, 0) is 27.7 Å². The lowest BCUT2D eigenvalue weighted by atomic mass is 10.2. The van der Waals surface area contributed by atoms with Gasteiger partial charge in [0.1, 0.15) is 0 Å². The fourth-order valence-corrected chi connectivity index (χ4v) is 3.36. The summed E-state index contributed by atoms with van der Waals surface area (Å²) < 4.78 is 27.0. The lowest BCUT2D eigenvalue weighted by Gasteiger charge is -2.11. The largest absolute Gasteiger partial charge is 0.315 e. The second-order valence-electron chi connectivity index (χ2n) is 4.90. The van der Waals surface area contributed by atoms with Crippen molar-refractivity contribution in [1.29, 1.82) is 0 Å². The van der Waals surface area contributed by atoms with Crippen LogP contribution in [0.15, 0.2) is 23.1 Å². The number of aromatic nitrogens is 4. The average molecular weight is 322 g/mol. The van der Waals surface area contributed by atoms with Crippen LogP contribution >= 0.6 is 0 Å². The first-order valence-corrected chi connectivity index (χ1v) is 8.07. The highest BCUT2D eigenvalue weighted by Gasteiger charge is 2.26. The Hall–Kier alpha value is -2.33. The van der Waals surface area contributed by atoms with Crippen LogP contribution < -0.4 is 9.62 Å². The Labute approximate surface area is 126 Å². The van der Waals surface area contributed by atoms with Gasteiger partial charge in [0, 0.05) is 25.7 Å². The quantitative estimate of drug-likeness (QED) is 0.746. The molecule has 0 saturated heterocycles. The summed E-state index contributed by atoms with van der Waals surface area (Å²) in [5.41, 5.74) is 1.46. The van der Waals surface area contributed by atoms with E-state index in [-0.39, 0.29) is 23.8 Å². The summed E-state index contributed by atoms with van der Waals surface area (Å²) in [5, 5.41) is 13.2. The van der Waals surface area contributed by atoms with Crippen molar-refractivity contribution in [3.8, 4) is 0 Å². The van der Waals surface area contributed by atoms with Crippen LogP contribution in [0, 0.1) is 0 Å². The number of hydrogen-bond acceptors (Lipinski definition) is 6. The number of aromatic amines is 1. The monoisotopic (exact) mass is 322 g/mol. The molecule has 3 rings (SSSR count). The summed E-state index contributed by atoms with van der Waals surface area (Å²) in [6, 6.07) is 4.67. The standard InChI is InChI=1S/C12H14N6O3S/c1-18-10-3-2-9(6-8(10)7-12(18)19)22(20,21)13-5-4-11-14-16-17-15-11/h2-3,6,13H,4-5,7H2,1H3,(H,14,15,16,17). The van der Waals surface area contributed by atoms with Crippen molar-refractivity contribution >= 4 is 21.6 Å². The van der Waals surface area contributed by atoms with E-state index in [0.29, 0.717) is 17.8 Å². The number of amides is 1. The van der Waals surface area contributed by atoms with Gasteiger partial charge in [0.15, 0.2) is 5.82 Å². The average Bonchev–Trinajstić information content (AvgIpc) is 3.08. The van der Waals surface area contributed by atoms with Crippen molar-refractivity contribution in [1.82, 2.24) is 25.3 Å². The predicted molar refractivity (Wildman–Crippen MR) is 76.6 cm³/mol. The zero-order valence-corrected chi connectivity index (χ0v) is 12.6. The molecule has 0 spiro atoms. The molecule has 0 fully saturated rings. The third-order valence-corrected chi connectivity index (χ3v) is 4.93. The third-order valence-electron chi connectivity index (χ3n) is 3.47. The Morgan fingerprint density at radius 2 is 2.23 bits per heavy atom. The van der Waals surface area contributed by atoms with E-state index in [1.54, 1.807) is 13.1 Å². The van der Waals surface area contributed by atoms with Crippen molar-refractivity contribution in [2.45, 2.75) is 17.7 Å². The summed E-state index contributed by atoms with van der Waals surface area (Å²) in [5.74, 6) is 0.387. The predicted octanol–water partition coefficient (Wildman–Crippen LogP) is -0.760. The van der Waals surface area contributed by atoms with Gasteiger partial charge in [-0.25, -0.2) is 13.1 Å². The maximum Gasteiger partial charge on any atom is 0.240 e. The summed E-state index contributed by atoms with van der Waals surface area (Å²) in [6.07, 6.45) is 0.556. The van der Waals surface area contributed by atoms with E-state index in [9.17, 15) is 13.2 Å². The normalized spacial score (nSPS) is 14.4. The molecule has 0 aliphatic carbocycles. The second kappa shape index (κ2) is 5.46. The summed E-state index contributed by atoms with van der Waals surface area (Å²) in [6.45, 7) is 0.164. The van der Waals surface area contributed by atoms with E-state index in [1.165, 1.54) is 17.0 Å². The number of H-pyrrole nitrogens is 1. The Bertz CT molecular complexity index is 802. The molecule has 1 aliphatic rings. The van der Waals surface area contributed by atoms with Crippen LogP contribution in [0.1, 0.15) is 11.4 Å². The number of rotatable bonds is 5. The molecule has 116 valence electrons. The van der Waals surface area contributed by atoms with E-state index in [2.05, 4.69) is 25.3 Å². The van der Waals surface area contributed by atoms with Gasteiger partial charge in [-0.3, -0.25) is 4.79 Å². The number of anilines is 1. The lowest BCUT2D eigenvalue weighted by molar-refractivity contribution is -0.117. The molecule has 2 heterocycles. The highest BCUT2D eigenvalue weighted by molar-refractivity contribution is 7.89. The molecule has 2 aromatic rings. The van der Waals surface area contributed by atoms with Crippen molar-refractivity contribution in [2.75, 3.05) is 18.5 Å². The van der Waals surface area contributed by atoms with Gasteiger partial charge in [-0.05, 0) is 23.8 Å². The molecule has 10 heteroatoms. The van der Waals surface area contributed by atoms with Gasteiger partial charge in [-0.1, -0.05) is 5.21 Å². The minimum atomic E-state index is -3.64. The Morgan fingerprint density at radius 1 is 1.41 bits per heavy atom. The molecule has 0 saturated carbocycles. The Morgan fingerprint density at radius 3 is 2.95 bits per heavy atom. The number of carbonyl (C=O) groups is 1. The number of nitrogens with one attached hydrogen (secondary N) is 2. The first-order valence-electron chi connectivity index (χ1n) is 6.59. The maximum atomic E-state index is 12.2. The fourth-order valence-electron chi connectivity index (χ4n) is 2.28. The van der Waals surface area contributed by atoms with Crippen molar-refractivity contribution < 1.29 is 13.2 Å². The molecule has 1 amide bonds. The molecule has 1 aliphatic heterocycles. The number of tetrazole rings is 1. The molecule has 9 nitrogen and oxygen atoms in total. The zero-order chi connectivity index (χ0) is 15.7. The van der Waals surface area contributed by atoms with Crippen LogP contribution in [-0.4, -0.2) is 48.5 Å². The zero-order valence-electron chi connectivity index (χ0n) is 11.8. The lowest BCUT2D eigenvalue weighted by Crippen LogP contribution is -2.26. The second-order valence-corrected chi connectivity index (χ2v) is 6.66. The van der Waals surface area contributed by atoms with Gasteiger partial charge in [-0.15, -0.1) is 10.2 Å². The number of nitrogens with zero attached hydrogens (tertiary/aromatic N) is 4. The van der Waals surface area contributed by atoms with Crippen molar-refractivity contribution in [2.24, 2.45) is 0 Å². The van der Waals surface area contributed by atoms with Gasteiger partial charge in [-0.2, -0.15) is 5.21 Å². The summed E-state index contributed by atoms with van der Waals surface area (Å²) in [7, 11) is -1.96. The molecule has 22 heavy (non-hydrogen) atoms. The Balaban J connectivity index is 1.73. The van der Waals surface area contributed by atoms with E-state index in [1.807, 2.05) is 0 Å². The number of likely N-dealkylation sites (N-methyl/N-ethyl adjacent to an activating group) is 1. The smallest absolute Gasteiger partial charge is 0.240 e. The first-order chi connectivity index (χ1) is 10.5. The third kappa shape index (κ3) is 2.70. The SMILES string of the molecule is CN1C(=O)Cc2cc(S(=O)(=O)NCCc3nn[nH]n3)ccc21. The van der Waals surface area contributed by atoms with Gasteiger partial charge in [0.05, 0.1) is 11.3 Å². The van der Waals surface area contributed by atoms with Crippen LogP contribution in [0.3, 0.4) is 0 Å². The first kappa shape index (κ1) is 14.6. The molecule has 0 unspecified atom stereocenters. The highest BCUT2D eigenvalue weighted by atomic mass is 32.2. The van der Waals surface area contributed by atoms with Crippen LogP contribution in [0.25, 0.3) is 0 Å². The van der Waals surface area contributed by atoms with Crippen LogP contribution in [0.5, 0.6) is 0 Å². The molecule has 0 bridgehead atoms. The van der Waals surface area contributed by atoms with Crippen LogP contribution in [0.4, 0.5) is 5.69 Å². The maximum absolute atomic E-state index is 12.2. The minimum Gasteiger partial charge on any atom is -0.315 e. The Kier molecular flexibility index (Phi) is 3.62. The number of fused-ring (bicyclic) bond motifs is 1. The van der Waals surface area contributed by atoms with E-state index < -0.39 is 10.0 Å². The number of benzene rings is 1. The minimum absolute atomic E-state index is 0.0467. The van der Waals surface area contributed by atoms with Gasteiger partial charge < -0.3 is 4.90 Å². The van der Waals surface area contributed by atoms with Crippen molar-refractivity contribution in [3.63, 3.8) is 0 Å². The van der Waals surface area contributed by atoms with Crippen LogP contribution in [0.2, 0.25) is 0 Å². The molecular weight excluding hydrogens is 308 g/mol. The molecule has 0 radical (unpaired) electrons. The topological polar surface area (TPSA) is 121 Å². The molecular formula is C12H14N6O3S. The van der Waals surface area contributed by atoms with Gasteiger partial charge in [0.2, 0.25) is 15.9 Å². The number of sulfonamides is 1. The van der Waals surface area contributed by atoms with E-state index in [4.69, 9.17) is 0 Å². The van der Waals surface area contributed by atoms with Crippen molar-refractivity contribution in [3.05, 3.63) is 29.6 Å². The number of hydrogen-bond donors (Lipinski definition) is 2. The van der Waals surface area contributed by atoms with Gasteiger partial charge in [0.25, 0.3) is 0 Å². The van der Waals surface area contributed by atoms with E-state index in [0.717, 1.165) is 5.69 Å². The van der Waals surface area contributed by atoms with Gasteiger partial charge >= 0.3 is 0 Å². The molecule has 1 aromatic heterocycles. The summed E-state index contributed by atoms with van der Waals surface area (Å²) >= 11 is 0. The molecule has 0 atom stereocenters. The fraction of sp³-hybridized carbons (Fsp3) is 0.333. The number of carbonyl (C=O) groups excluding carboxylic acids is 1. The molecule has 2 N–H and O–H groups in total. The summed E-state index contributed by atoms with van der Waals surface area (Å²) in [4.78, 5) is 13.3. The van der Waals surface area contributed by atoms with E-state index >= 15 is 0 Å².